The predicted octanol–water partition coefficient (Wildman–Crippen LogP) is 3.76. The second-order valence-corrected chi connectivity index (χ2v) is 7.92. The van der Waals surface area contributed by atoms with E-state index in [1.165, 1.54) is 24.2 Å². The molecule has 6 nitrogen and oxygen atoms in total. The number of hydrogen-bond donors (Lipinski definition) is 2. The van der Waals surface area contributed by atoms with Gasteiger partial charge in [0.05, 0.1) is 6.61 Å². The molecular weight excluding hydrogens is 350 g/mol. The maximum Gasteiger partial charge on any atom is 0.319 e. The van der Waals surface area contributed by atoms with Crippen LogP contribution in [0.3, 0.4) is 0 Å². The molecule has 0 amide bonds. The van der Waals surface area contributed by atoms with Gasteiger partial charge in [0.25, 0.3) is 0 Å². The Hall–Kier alpha value is -2.60. The minimum absolute atomic E-state index is 0.360. The average Bonchev–Trinajstić information content (AvgIpc) is 3.06. The molecule has 0 aliphatic carbocycles. The number of benzene rings is 1. The molecule has 0 unspecified atom stereocenters. The lowest BCUT2D eigenvalue weighted by atomic mass is 10.0. The van der Waals surface area contributed by atoms with E-state index in [1.54, 1.807) is 0 Å². The van der Waals surface area contributed by atoms with Crippen LogP contribution in [-0.4, -0.2) is 39.5 Å². The first-order chi connectivity index (χ1) is 13.6. The summed E-state index contributed by atoms with van der Waals surface area (Å²) in [5.74, 6) is 1.27. The van der Waals surface area contributed by atoms with Crippen molar-refractivity contribution in [1.82, 2.24) is 19.9 Å². The normalized spacial score (nSPS) is 15.1. The van der Waals surface area contributed by atoms with Crippen LogP contribution in [-0.2, 0) is 13.0 Å². The van der Waals surface area contributed by atoms with Gasteiger partial charge in [0, 0.05) is 37.8 Å². The Balaban J connectivity index is 1.47. The molecule has 3 heterocycles. The number of fused-ring (bicyclic) bond motifs is 1. The summed E-state index contributed by atoms with van der Waals surface area (Å²) in [4.78, 5) is 14.6. The van der Waals surface area contributed by atoms with Gasteiger partial charge in [0.2, 0.25) is 0 Å². The quantitative estimate of drug-likeness (QED) is 0.583. The van der Waals surface area contributed by atoms with Crippen LogP contribution < -0.4 is 10.5 Å². The van der Waals surface area contributed by atoms with Gasteiger partial charge in [0.1, 0.15) is 11.0 Å². The molecule has 1 saturated heterocycles. The van der Waals surface area contributed by atoms with E-state index in [0.717, 1.165) is 48.3 Å². The zero-order chi connectivity index (χ0) is 19.5. The number of unbranched alkanes of at least 4 members (excludes halogenated alkanes) is 1. The third kappa shape index (κ3) is 4.12. The standard InChI is InChI=1S/C22H29N5O/c1-3-4-9-28-22-25-19-18(11-24-20(19)21(23)26-22)10-16-5-7-17(8-6-16)14-27-12-15(2)13-27/h5-8,11,15,24H,3-4,9-10,12-14H2,1-2H3,(H2,23,25,26). The van der Waals surface area contributed by atoms with Crippen molar-refractivity contribution in [3.63, 3.8) is 0 Å². The monoisotopic (exact) mass is 379 g/mol. The maximum atomic E-state index is 6.10. The Morgan fingerprint density at radius 2 is 1.93 bits per heavy atom. The molecule has 3 N–H and O–H groups in total. The average molecular weight is 380 g/mol. The van der Waals surface area contributed by atoms with Gasteiger partial charge >= 0.3 is 6.01 Å². The highest BCUT2D eigenvalue weighted by Gasteiger charge is 2.21. The van der Waals surface area contributed by atoms with Crippen LogP contribution in [0.5, 0.6) is 6.01 Å². The smallest absolute Gasteiger partial charge is 0.319 e. The molecule has 0 saturated carbocycles. The molecule has 0 atom stereocenters. The van der Waals surface area contributed by atoms with Gasteiger partial charge in [0.15, 0.2) is 5.82 Å². The van der Waals surface area contributed by atoms with E-state index >= 15 is 0 Å². The molecule has 2 aromatic heterocycles. The number of hydrogen-bond acceptors (Lipinski definition) is 5. The number of rotatable bonds is 8. The fraction of sp³-hybridized carbons (Fsp3) is 0.455. The second kappa shape index (κ2) is 8.19. The summed E-state index contributed by atoms with van der Waals surface area (Å²) in [6, 6.07) is 9.24. The number of ether oxygens (including phenoxy) is 1. The summed E-state index contributed by atoms with van der Waals surface area (Å²) >= 11 is 0. The first kappa shape index (κ1) is 18.7. The number of nitrogen functional groups attached to an aromatic ring is 1. The van der Waals surface area contributed by atoms with E-state index < -0.39 is 0 Å². The number of aromatic nitrogens is 3. The summed E-state index contributed by atoms with van der Waals surface area (Å²) in [5, 5.41) is 0. The van der Waals surface area contributed by atoms with Gasteiger partial charge in [-0.05, 0) is 23.5 Å². The van der Waals surface area contributed by atoms with Crippen molar-refractivity contribution in [1.29, 1.82) is 0 Å². The van der Waals surface area contributed by atoms with Gasteiger partial charge in [-0.3, -0.25) is 4.90 Å². The van der Waals surface area contributed by atoms with E-state index in [2.05, 4.69) is 58.0 Å². The highest BCUT2D eigenvalue weighted by molar-refractivity contribution is 5.87. The van der Waals surface area contributed by atoms with Crippen molar-refractivity contribution < 1.29 is 4.74 Å². The topological polar surface area (TPSA) is 80.1 Å². The summed E-state index contributed by atoms with van der Waals surface area (Å²) in [6.07, 6.45) is 4.82. The van der Waals surface area contributed by atoms with E-state index in [1.807, 2.05) is 6.20 Å². The van der Waals surface area contributed by atoms with Crippen LogP contribution in [0.15, 0.2) is 30.5 Å². The molecule has 4 rings (SSSR count). The molecule has 28 heavy (non-hydrogen) atoms. The largest absolute Gasteiger partial charge is 0.463 e. The number of aromatic amines is 1. The maximum absolute atomic E-state index is 6.10. The third-order valence-electron chi connectivity index (χ3n) is 5.30. The van der Waals surface area contributed by atoms with Crippen molar-refractivity contribution >= 4 is 16.9 Å². The molecule has 6 heteroatoms. The summed E-state index contributed by atoms with van der Waals surface area (Å²) < 4.78 is 5.67. The van der Waals surface area contributed by atoms with Gasteiger partial charge in [-0.25, -0.2) is 0 Å². The van der Waals surface area contributed by atoms with E-state index in [0.29, 0.717) is 18.4 Å². The van der Waals surface area contributed by atoms with Gasteiger partial charge < -0.3 is 15.5 Å². The second-order valence-electron chi connectivity index (χ2n) is 7.92. The Kier molecular flexibility index (Phi) is 5.48. The third-order valence-corrected chi connectivity index (χ3v) is 5.30. The van der Waals surface area contributed by atoms with Gasteiger partial charge in [-0.15, -0.1) is 0 Å². The number of likely N-dealkylation sites (tertiary alicyclic amines) is 1. The highest BCUT2D eigenvalue weighted by atomic mass is 16.5. The zero-order valence-corrected chi connectivity index (χ0v) is 16.7. The van der Waals surface area contributed by atoms with Crippen LogP contribution >= 0.6 is 0 Å². The lowest BCUT2D eigenvalue weighted by Crippen LogP contribution is -2.44. The Labute approximate surface area is 166 Å². The van der Waals surface area contributed by atoms with Crippen LogP contribution in [0.25, 0.3) is 11.0 Å². The number of nitrogens with zero attached hydrogens (tertiary/aromatic N) is 3. The van der Waals surface area contributed by atoms with Crippen LogP contribution in [0, 0.1) is 5.92 Å². The molecule has 3 aromatic rings. The number of H-pyrrole nitrogens is 1. The first-order valence-corrected chi connectivity index (χ1v) is 10.2. The minimum atomic E-state index is 0.360. The molecule has 0 bridgehead atoms. The van der Waals surface area contributed by atoms with Gasteiger partial charge in [-0.2, -0.15) is 9.97 Å². The molecule has 1 fully saturated rings. The molecule has 1 aromatic carbocycles. The number of anilines is 1. The Morgan fingerprint density at radius 1 is 1.18 bits per heavy atom. The zero-order valence-electron chi connectivity index (χ0n) is 16.7. The highest BCUT2D eigenvalue weighted by Crippen LogP contribution is 2.25. The fourth-order valence-electron chi connectivity index (χ4n) is 3.76. The summed E-state index contributed by atoms with van der Waals surface area (Å²) in [6.45, 7) is 8.50. The molecule has 0 radical (unpaired) electrons. The van der Waals surface area contributed by atoms with E-state index in [4.69, 9.17) is 10.5 Å². The van der Waals surface area contributed by atoms with Crippen molar-refractivity contribution in [2.45, 2.75) is 39.7 Å². The molecule has 0 spiro atoms. The van der Waals surface area contributed by atoms with Crippen molar-refractivity contribution in [2.24, 2.45) is 5.92 Å². The number of nitrogens with one attached hydrogen (secondary N) is 1. The first-order valence-electron chi connectivity index (χ1n) is 10.2. The SMILES string of the molecule is CCCCOc1nc(N)c2[nH]cc(Cc3ccc(CN4CC(C)C4)cc3)c2n1. The predicted molar refractivity (Wildman–Crippen MR) is 112 cm³/mol. The van der Waals surface area contributed by atoms with Crippen molar-refractivity contribution in [3.05, 3.63) is 47.2 Å². The van der Waals surface area contributed by atoms with Crippen molar-refractivity contribution in [2.75, 3.05) is 25.4 Å². The molecule has 1 aliphatic rings. The summed E-state index contributed by atoms with van der Waals surface area (Å²) in [5.41, 5.74) is 11.5. The van der Waals surface area contributed by atoms with E-state index in [9.17, 15) is 0 Å². The number of nitrogens with two attached hydrogens (primary N) is 1. The van der Waals surface area contributed by atoms with Gasteiger partial charge in [-0.1, -0.05) is 44.5 Å². The fourth-order valence-corrected chi connectivity index (χ4v) is 3.76. The lowest BCUT2D eigenvalue weighted by molar-refractivity contribution is 0.105. The lowest BCUT2D eigenvalue weighted by Gasteiger charge is -2.37. The van der Waals surface area contributed by atoms with E-state index in [-0.39, 0.29) is 0 Å². The molecule has 148 valence electrons. The Morgan fingerprint density at radius 3 is 2.64 bits per heavy atom. The van der Waals surface area contributed by atoms with Crippen LogP contribution in [0.2, 0.25) is 0 Å². The minimum Gasteiger partial charge on any atom is -0.463 e. The van der Waals surface area contributed by atoms with Crippen LogP contribution in [0.4, 0.5) is 5.82 Å². The molecular formula is C22H29N5O. The van der Waals surface area contributed by atoms with Crippen molar-refractivity contribution in [3.8, 4) is 6.01 Å². The molecule has 1 aliphatic heterocycles. The van der Waals surface area contributed by atoms with Crippen LogP contribution in [0.1, 0.15) is 43.4 Å². The summed E-state index contributed by atoms with van der Waals surface area (Å²) in [7, 11) is 0. The Bertz CT molecular complexity index is 928.